The van der Waals surface area contributed by atoms with Crippen molar-refractivity contribution in [3.8, 4) is 0 Å². The Bertz CT molecular complexity index is 956. The van der Waals surface area contributed by atoms with Gasteiger partial charge in [-0.05, 0) is 43.4 Å². The van der Waals surface area contributed by atoms with Gasteiger partial charge in [0.15, 0.2) is 17.3 Å². The van der Waals surface area contributed by atoms with Crippen molar-refractivity contribution in [3.05, 3.63) is 77.3 Å². The fourth-order valence-electron chi connectivity index (χ4n) is 3.54. The Labute approximate surface area is 172 Å². The fraction of sp³-hybridized carbons (Fsp3) is 0.360. The molecule has 0 heterocycles. The molecule has 0 radical (unpaired) electrons. The minimum absolute atomic E-state index is 0.0991. The molecule has 0 N–H and O–H groups in total. The summed E-state index contributed by atoms with van der Waals surface area (Å²) >= 11 is 0. The Morgan fingerprint density at radius 2 is 1.66 bits per heavy atom. The zero-order valence-electron chi connectivity index (χ0n) is 17.7. The summed E-state index contributed by atoms with van der Waals surface area (Å²) in [7, 11) is 0. The Morgan fingerprint density at radius 1 is 1.07 bits per heavy atom. The molecule has 0 saturated carbocycles. The Kier molecular flexibility index (Phi) is 6.23. The second kappa shape index (κ2) is 8.13. The van der Waals surface area contributed by atoms with E-state index in [2.05, 4.69) is 4.85 Å². The Morgan fingerprint density at radius 3 is 2.24 bits per heavy atom. The van der Waals surface area contributed by atoms with Crippen molar-refractivity contribution in [2.24, 2.45) is 16.2 Å². The maximum atomic E-state index is 12.8. The average molecular weight is 389 g/mol. The monoisotopic (exact) mass is 389 g/mol. The first kappa shape index (κ1) is 22.2. The van der Waals surface area contributed by atoms with Crippen LogP contribution in [-0.2, 0) is 14.4 Å². The molecule has 0 unspecified atom stereocenters. The number of nitrogens with zero attached hydrogens (tertiary/aromatic N) is 1. The van der Waals surface area contributed by atoms with Gasteiger partial charge in [-0.15, -0.1) is 0 Å². The van der Waals surface area contributed by atoms with E-state index < -0.39 is 16.2 Å². The summed E-state index contributed by atoms with van der Waals surface area (Å²) in [4.78, 5) is 41.1. The van der Waals surface area contributed by atoms with Crippen molar-refractivity contribution in [3.63, 3.8) is 0 Å². The van der Waals surface area contributed by atoms with Gasteiger partial charge in [-0.25, -0.2) is 4.85 Å². The van der Waals surface area contributed by atoms with Crippen molar-refractivity contribution in [1.82, 2.24) is 0 Å². The van der Waals surface area contributed by atoms with Crippen LogP contribution in [-0.4, -0.2) is 17.3 Å². The Hall–Kier alpha value is -3.06. The van der Waals surface area contributed by atoms with E-state index in [9.17, 15) is 14.4 Å². The minimum Gasteiger partial charge on any atom is -0.307 e. The van der Waals surface area contributed by atoms with Gasteiger partial charge in [0.1, 0.15) is 0 Å². The van der Waals surface area contributed by atoms with E-state index in [4.69, 9.17) is 6.57 Å². The molecule has 1 aliphatic rings. The van der Waals surface area contributed by atoms with Crippen molar-refractivity contribution in [2.45, 2.75) is 41.0 Å². The molecule has 1 aliphatic carbocycles. The van der Waals surface area contributed by atoms with Crippen LogP contribution in [0.1, 0.15) is 46.6 Å². The third-order valence-corrected chi connectivity index (χ3v) is 5.33. The maximum absolute atomic E-state index is 12.8. The van der Waals surface area contributed by atoms with Crippen LogP contribution >= 0.6 is 0 Å². The number of rotatable bonds is 6. The van der Waals surface area contributed by atoms with Crippen LogP contribution in [0.3, 0.4) is 0 Å². The number of ketones is 3. The molecule has 0 aromatic heterocycles. The first-order valence-electron chi connectivity index (χ1n) is 9.58. The Balaban J connectivity index is 2.21. The topological polar surface area (TPSA) is 55.6 Å². The number of carbonyl (C=O) groups excluding carboxylic acids is 3. The molecular weight excluding hydrogens is 362 g/mol. The summed E-state index contributed by atoms with van der Waals surface area (Å²) in [6, 6.07) is 9.42. The second-order valence-electron chi connectivity index (χ2n) is 8.97. The highest BCUT2D eigenvalue weighted by atomic mass is 16.2. The van der Waals surface area contributed by atoms with Gasteiger partial charge >= 0.3 is 0 Å². The number of carbonyl (C=O) groups is 3. The molecule has 0 aliphatic heterocycles. The fourth-order valence-corrected chi connectivity index (χ4v) is 3.54. The van der Waals surface area contributed by atoms with Gasteiger partial charge in [-0.3, -0.25) is 9.59 Å². The van der Waals surface area contributed by atoms with Crippen molar-refractivity contribution < 1.29 is 14.4 Å². The van der Waals surface area contributed by atoms with Gasteiger partial charge < -0.3 is 4.79 Å². The lowest BCUT2D eigenvalue weighted by Gasteiger charge is -2.37. The maximum Gasteiger partial charge on any atom is 0.226 e. The SMILES string of the molecule is [C-]#[N+]C1=C[C@](C)(/C=C/C(=O)C(C)(C)C(=O)/C=C/c2ccccc2)CC(C)(C)C1=O. The number of benzene rings is 1. The zero-order valence-corrected chi connectivity index (χ0v) is 17.7. The molecule has 4 nitrogen and oxygen atoms in total. The zero-order chi connectivity index (χ0) is 21.9. The number of Topliss-reactive ketones (excluding diaryl/α,β-unsaturated/α-hetero) is 1. The smallest absolute Gasteiger partial charge is 0.226 e. The first-order chi connectivity index (χ1) is 13.4. The molecule has 2 rings (SSSR count). The summed E-state index contributed by atoms with van der Waals surface area (Å²) in [6.45, 7) is 16.0. The van der Waals surface area contributed by atoms with E-state index in [-0.39, 0.29) is 23.0 Å². The van der Waals surface area contributed by atoms with E-state index in [1.54, 1.807) is 32.1 Å². The molecular formula is C25H27NO3. The van der Waals surface area contributed by atoms with E-state index in [0.29, 0.717) is 6.42 Å². The van der Waals surface area contributed by atoms with Gasteiger partial charge in [0, 0.05) is 5.41 Å². The van der Waals surface area contributed by atoms with Crippen LogP contribution in [0.4, 0.5) is 0 Å². The summed E-state index contributed by atoms with van der Waals surface area (Å²) in [5.74, 6) is -0.766. The number of hydrogen-bond donors (Lipinski definition) is 0. The predicted molar refractivity (Wildman–Crippen MR) is 115 cm³/mol. The highest BCUT2D eigenvalue weighted by Crippen LogP contribution is 2.44. The van der Waals surface area contributed by atoms with Crippen LogP contribution in [0.15, 0.2) is 60.3 Å². The summed E-state index contributed by atoms with van der Waals surface area (Å²) < 4.78 is 0. The van der Waals surface area contributed by atoms with Crippen LogP contribution < -0.4 is 0 Å². The first-order valence-corrected chi connectivity index (χ1v) is 9.58. The highest BCUT2D eigenvalue weighted by Gasteiger charge is 2.42. The van der Waals surface area contributed by atoms with E-state index in [1.165, 1.54) is 12.2 Å². The van der Waals surface area contributed by atoms with Gasteiger partial charge in [0.2, 0.25) is 5.70 Å². The average Bonchev–Trinajstić information content (AvgIpc) is 2.67. The minimum atomic E-state index is -1.20. The summed E-state index contributed by atoms with van der Waals surface area (Å²) in [5, 5.41) is 0. The molecule has 1 aromatic carbocycles. The molecule has 0 spiro atoms. The lowest BCUT2D eigenvalue weighted by atomic mass is 9.66. The number of hydrogen-bond acceptors (Lipinski definition) is 3. The largest absolute Gasteiger partial charge is 0.307 e. The molecule has 150 valence electrons. The number of allylic oxidation sites excluding steroid dienone is 5. The van der Waals surface area contributed by atoms with Gasteiger partial charge in [-0.1, -0.05) is 69.3 Å². The lowest BCUT2D eigenvalue weighted by Crippen LogP contribution is -2.36. The van der Waals surface area contributed by atoms with Crippen molar-refractivity contribution in [2.75, 3.05) is 0 Å². The van der Waals surface area contributed by atoms with Crippen molar-refractivity contribution in [1.29, 1.82) is 0 Å². The van der Waals surface area contributed by atoms with Crippen molar-refractivity contribution >= 4 is 23.4 Å². The lowest BCUT2D eigenvalue weighted by molar-refractivity contribution is -0.133. The van der Waals surface area contributed by atoms with Gasteiger partial charge in [0.05, 0.1) is 12.0 Å². The van der Waals surface area contributed by atoms with Crippen LogP contribution in [0.5, 0.6) is 0 Å². The normalized spacial score (nSPS) is 21.8. The third-order valence-electron chi connectivity index (χ3n) is 5.33. The molecule has 0 bridgehead atoms. The third kappa shape index (κ3) is 5.06. The molecule has 0 saturated heterocycles. The van der Waals surface area contributed by atoms with Crippen LogP contribution in [0.2, 0.25) is 0 Å². The van der Waals surface area contributed by atoms with E-state index in [1.807, 2.05) is 51.1 Å². The van der Waals surface area contributed by atoms with Crippen LogP contribution in [0.25, 0.3) is 10.9 Å². The quantitative estimate of drug-likeness (QED) is 0.380. The van der Waals surface area contributed by atoms with Gasteiger partial charge in [0.25, 0.3) is 0 Å². The van der Waals surface area contributed by atoms with Gasteiger partial charge in [-0.2, -0.15) is 0 Å². The van der Waals surface area contributed by atoms with E-state index in [0.717, 1.165) is 5.56 Å². The van der Waals surface area contributed by atoms with Crippen LogP contribution in [0, 0.1) is 22.8 Å². The highest BCUT2D eigenvalue weighted by molar-refractivity contribution is 6.15. The molecule has 29 heavy (non-hydrogen) atoms. The molecule has 1 aromatic rings. The molecule has 0 fully saturated rings. The second-order valence-corrected chi connectivity index (χ2v) is 8.97. The molecule has 0 amide bonds. The van der Waals surface area contributed by atoms with E-state index >= 15 is 0 Å². The predicted octanol–water partition coefficient (Wildman–Crippen LogP) is 5.23. The summed E-state index contributed by atoms with van der Waals surface area (Å²) in [5.41, 5.74) is -1.50. The molecule has 1 atom stereocenters. The summed E-state index contributed by atoms with van der Waals surface area (Å²) in [6.07, 6.45) is 8.37. The molecule has 4 heteroatoms. The standard InChI is InChI=1S/C25H27NO3/c1-23(2)17-25(5,16-19(26-6)22(23)29)15-14-21(28)24(3,4)20(27)13-12-18-10-8-7-9-11-18/h7-16H,17H2,1-5H3/b13-12+,15-14+/t25-/m0/s1.